The summed E-state index contributed by atoms with van der Waals surface area (Å²) in [6.07, 6.45) is 2.05. The lowest BCUT2D eigenvalue weighted by Gasteiger charge is -2.14. The van der Waals surface area contributed by atoms with Crippen molar-refractivity contribution in [3.8, 4) is 0 Å². The molecule has 2 aromatic rings. The van der Waals surface area contributed by atoms with Gasteiger partial charge >= 0.3 is 5.97 Å². The van der Waals surface area contributed by atoms with Gasteiger partial charge in [-0.15, -0.1) is 0 Å². The largest absolute Gasteiger partial charge is 0.480 e. The quantitative estimate of drug-likeness (QED) is 0.843. The van der Waals surface area contributed by atoms with E-state index in [0.717, 1.165) is 5.56 Å². The highest BCUT2D eigenvalue weighted by Crippen LogP contribution is 2.09. The van der Waals surface area contributed by atoms with Gasteiger partial charge in [-0.2, -0.15) is 0 Å². The zero-order chi connectivity index (χ0) is 12.8. The summed E-state index contributed by atoms with van der Waals surface area (Å²) in [7, 11) is 0. The molecule has 4 heteroatoms. The second-order valence-corrected chi connectivity index (χ2v) is 3.94. The third-order valence-corrected chi connectivity index (χ3v) is 2.57. The predicted molar refractivity (Wildman–Crippen MR) is 69.4 cm³/mol. The Balaban J connectivity index is 2.08. The van der Waals surface area contributed by atoms with Crippen molar-refractivity contribution in [3.63, 3.8) is 0 Å². The monoisotopic (exact) mass is 242 g/mol. The normalized spacial score (nSPS) is 11.8. The van der Waals surface area contributed by atoms with Gasteiger partial charge in [-0.1, -0.05) is 36.4 Å². The van der Waals surface area contributed by atoms with Crippen LogP contribution in [0.5, 0.6) is 0 Å². The predicted octanol–water partition coefficient (Wildman–Crippen LogP) is 2.19. The van der Waals surface area contributed by atoms with E-state index >= 15 is 0 Å². The average Bonchev–Trinajstić information content (AvgIpc) is 2.40. The number of benzene rings is 1. The molecule has 18 heavy (non-hydrogen) atoms. The highest BCUT2D eigenvalue weighted by Gasteiger charge is 2.17. The second kappa shape index (κ2) is 5.82. The van der Waals surface area contributed by atoms with E-state index < -0.39 is 12.0 Å². The van der Waals surface area contributed by atoms with Crippen molar-refractivity contribution in [1.29, 1.82) is 0 Å². The van der Waals surface area contributed by atoms with E-state index in [1.165, 1.54) is 0 Å². The molecule has 0 bridgehead atoms. The van der Waals surface area contributed by atoms with Gasteiger partial charge in [0, 0.05) is 12.6 Å². The molecule has 0 amide bonds. The van der Waals surface area contributed by atoms with Crippen molar-refractivity contribution in [1.82, 2.24) is 4.98 Å². The van der Waals surface area contributed by atoms with Crippen LogP contribution in [-0.2, 0) is 11.2 Å². The van der Waals surface area contributed by atoms with Gasteiger partial charge in [-0.05, 0) is 17.7 Å². The Bertz CT molecular complexity index is 458. The van der Waals surface area contributed by atoms with E-state index in [0.29, 0.717) is 12.2 Å². The molecule has 1 unspecified atom stereocenters. The molecule has 0 aliphatic rings. The number of aliphatic carboxylic acids is 1. The molecule has 0 saturated carbocycles. The van der Waals surface area contributed by atoms with Gasteiger partial charge in [0.05, 0.1) is 0 Å². The van der Waals surface area contributed by atoms with Gasteiger partial charge in [-0.3, -0.25) is 0 Å². The Morgan fingerprint density at radius 2 is 1.89 bits per heavy atom. The number of nitrogens with one attached hydrogen (secondary N) is 1. The number of hydrogen-bond acceptors (Lipinski definition) is 3. The summed E-state index contributed by atoms with van der Waals surface area (Å²) in [4.78, 5) is 15.3. The van der Waals surface area contributed by atoms with Crippen molar-refractivity contribution in [2.24, 2.45) is 0 Å². The number of carboxylic acid groups (broad SMARTS) is 1. The molecule has 2 N–H and O–H groups in total. The summed E-state index contributed by atoms with van der Waals surface area (Å²) in [5.74, 6) is -0.315. The summed E-state index contributed by atoms with van der Waals surface area (Å²) >= 11 is 0. The van der Waals surface area contributed by atoms with E-state index in [1.807, 2.05) is 36.4 Å². The Kier molecular flexibility index (Phi) is 3.91. The zero-order valence-corrected chi connectivity index (χ0v) is 9.78. The first kappa shape index (κ1) is 12.1. The molecule has 1 atom stereocenters. The number of hydrogen-bond donors (Lipinski definition) is 2. The molecule has 2 rings (SSSR count). The van der Waals surface area contributed by atoms with Crippen molar-refractivity contribution in [2.45, 2.75) is 12.5 Å². The van der Waals surface area contributed by atoms with Crippen molar-refractivity contribution < 1.29 is 9.90 Å². The summed E-state index contributed by atoms with van der Waals surface area (Å²) in [5, 5.41) is 12.1. The van der Waals surface area contributed by atoms with Gasteiger partial charge < -0.3 is 10.4 Å². The molecule has 4 nitrogen and oxygen atoms in total. The van der Waals surface area contributed by atoms with Crippen LogP contribution in [0.3, 0.4) is 0 Å². The lowest BCUT2D eigenvalue weighted by molar-refractivity contribution is -0.137. The molecule has 0 saturated heterocycles. The second-order valence-electron chi connectivity index (χ2n) is 3.94. The van der Waals surface area contributed by atoms with Crippen LogP contribution in [0.4, 0.5) is 5.82 Å². The number of carbonyl (C=O) groups is 1. The van der Waals surface area contributed by atoms with Crippen molar-refractivity contribution in [3.05, 3.63) is 60.3 Å². The van der Waals surface area contributed by atoms with Gasteiger partial charge in [0.15, 0.2) is 0 Å². The maximum atomic E-state index is 11.2. The first-order valence-electron chi connectivity index (χ1n) is 5.70. The van der Waals surface area contributed by atoms with Gasteiger partial charge in [0.2, 0.25) is 0 Å². The smallest absolute Gasteiger partial charge is 0.326 e. The van der Waals surface area contributed by atoms with E-state index in [1.54, 1.807) is 18.3 Å². The number of anilines is 1. The fourth-order valence-electron chi connectivity index (χ4n) is 1.68. The molecular weight excluding hydrogens is 228 g/mol. The van der Waals surface area contributed by atoms with Crippen LogP contribution in [0.25, 0.3) is 0 Å². The Morgan fingerprint density at radius 1 is 1.17 bits per heavy atom. The minimum Gasteiger partial charge on any atom is -0.480 e. The number of nitrogens with zero attached hydrogens (tertiary/aromatic N) is 1. The minimum absolute atomic E-state index is 0.423. The molecule has 0 fully saturated rings. The molecule has 92 valence electrons. The third kappa shape index (κ3) is 3.31. The van der Waals surface area contributed by atoms with Crippen LogP contribution in [0.1, 0.15) is 5.56 Å². The van der Waals surface area contributed by atoms with E-state index in [4.69, 9.17) is 0 Å². The Labute approximate surface area is 105 Å². The summed E-state index contributed by atoms with van der Waals surface area (Å²) < 4.78 is 0. The van der Waals surface area contributed by atoms with Crippen molar-refractivity contribution in [2.75, 3.05) is 5.32 Å². The summed E-state index contributed by atoms with van der Waals surface area (Å²) in [6.45, 7) is 0. The van der Waals surface area contributed by atoms with Gasteiger partial charge in [-0.25, -0.2) is 9.78 Å². The van der Waals surface area contributed by atoms with E-state index in [9.17, 15) is 9.90 Å². The maximum Gasteiger partial charge on any atom is 0.326 e. The topological polar surface area (TPSA) is 62.2 Å². The number of aromatic nitrogens is 1. The first-order valence-corrected chi connectivity index (χ1v) is 5.70. The van der Waals surface area contributed by atoms with Crippen LogP contribution < -0.4 is 5.32 Å². The lowest BCUT2D eigenvalue weighted by Crippen LogP contribution is -2.31. The maximum absolute atomic E-state index is 11.2. The van der Waals surface area contributed by atoms with Crippen LogP contribution in [0, 0.1) is 0 Å². The molecule has 1 aromatic carbocycles. The molecular formula is C14H14N2O2. The van der Waals surface area contributed by atoms with Crippen molar-refractivity contribution >= 4 is 11.8 Å². The summed E-state index contributed by atoms with van der Waals surface area (Å²) in [6, 6.07) is 14.2. The highest BCUT2D eigenvalue weighted by atomic mass is 16.4. The Morgan fingerprint density at radius 3 is 2.50 bits per heavy atom. The minimum atomic E-state index is -0.885. The van der Waals surface area contributed by atoms with Gasteiger partial charge in [0.1, 0.15) is 11.9 Å². The third-order valence-electron chi connectivity index (χ3n) is 2.57. The van der Waals surface area contributed by atoms with Gasteiger partial charge in [0.25, 0.3) is 0 Å². The fraction of sp³-hybridized carbons (Fsp3) is 0.143. The molecule has 0 radical (unpaired) electrons. The zero-order valence-electron chi connectivity index (χ0n) is 9.78. The fourth-order valence-corrected chi connectivity index (χ4v) is 1.68. The highest BCUT2D eigenvalue weighted by molar-refractivity contribution is 5.77. The number of rotatable bonds is 5. The number of pyridine rings is 1. The SMILES string of the molecule is O=C(O)C(Cc1ccccc1)Nc1ccccn1. The van der Waals surface area contributed by atoms with Crippen LogP contribution in [0.15, 0.2) is 54.7 Å². The van der Waals surface area contributed by atoms with Crippen LogP contribution in [0.2, 0.25) is 0 Å². The molecule has 1 heterocycles. The Hall–Kier alpha value is -2.36. The summed E-state index contributed by atoms with van der Waals surface area (Å²) in [5.41, 5.74) is 0.980. The number of carboxylic acids is 1. The first-order chi connectivity index (χ1) is 8.75. The standard InChI is InChI=1S/C14H14N2O2/c17-14(18)12(10-11-6-2-1-3-7-11)16-13-8-4-5-9-15-13/h1-9,12H,10H2,(H,15,16)(H,17,18). The van der Waals surface area contributed by atoms with Crippen LogP contribution >= 0.6 is 0 Å². The van der Waals surface area contributed by atoms with E-state index in [2.05, 4.69) is 10.3 Å². The lowest BCUT2D eigenvalue weighted by atomic mass is 10.1. The molecule has 0 aliphatic carbocycles. The molecule has 1 aromatic heterocycles. The van der Waals surface area contributed by atoms with Crippen LogP contribution in [-0.4, -0.2) is 22.1 Å². The average molecular weight is 242 g/mol. The molecule has 0 spiro atoms. The molecule has 0 aliphatic heterocycles. The van der Waals surface area contributed by atoms with E-state index in [-0.39, 0.29) is 0 Å².